The number of hydrogen-bond donors (Lipinski definition) is 6. The Balaban J connectivity index is 2.79. The van der Waals surface area contributed by atoms with Crippen LogP contribution in [0.15, 0.2) is 0 Å². The molecule has 7 heteroatoms. The van der Waals surface area contributed by atoms with E-state index in [4.69, 9.17) is 30.6 Å². The summed E-state index contributed by atoms with van der Waals surface area (Å²) in [4.78, 5) is 0. The van der Waals surface area contributed by atoms with Crippen LogP contribution in [0.1, 0.15) is 0 Å². The molecule has 0 unspecified atom stereocenters. The van der Waals surface area contributed by atoms with Crippen molar-refractivity contribution in [1.82, 2.24) is 0 Å². The molecule has 1 saturated heterocycles. The van der Waals surface area contributed by atoms with Crippen LogP contribution in [-0.4, -0.2) is 67.6 Å². The molecule has 13 heavy (non-hydrogen) atoms. The Hall–Kier alpha value is -0.280. The van der Waals surface area contributed by atoms with Crippen LogP contribution in [0.5, 0.6) is 0 Å². The second-order valence-electron chi connectivity index (χ2n) is 2.92. The van der Waals surface area contributed by atoms with E-state index in [2.05, 4.69) is 4.74 Å². The van der Waals surface area contributed by atoms with Gasteiger partial charge in [0.2, 0.25) is 0 Å². The summed E-state index contributed by atoms with van der Waals surface area (Å²) in [5.41, 5.74) is 0. The fourth-order valence-electron chi connectivity index (χ4n) is 1.14. The molecular formula is C6H12O7. The molecule has 4 atom stereocenters. The molecule has 0 spiro atoms. The van der Waals surface area contributed by atoms with E-state index in [1.807, 2.05) is 0 Å². The fraction of sp³-hybridized carbons (Fsp3) is 1.00. The van der Waals surface area contributed by atoms with Crippen molar-refractivity contribution in [2.45, 2.75) is 30.4 Å². The molecule has 0 amide bonds. The lowest BCUT2D eigenvalue weighted by atomic mass is 9.98. The maximum atomic E-state index is 9.12. The highest BCUT2D eigenvalue weighted by Gasteiger charge is 2.51. The summed E-state index contributed by atoms with van der Waals surface area (Å²) in [7, 11) is 0. The molecule has 1 aliphatic heterocycles. The van der Waals surface area contributed by atoms with E-state index in [0.717, 1.165) is 0 Å². The highest BCUT2D eigenvalue weighted by Crippen LogP contribution is 2.25. The van der Waals surface area contributed by atoms with Gasteiger partial charge in [0.15, 0.2) is 6.10 Å². The van der Waals surface area contributed by atoms with Crippen molar-refractivity contribution in [2.75, 3.05) is 6.61 Å². The van der Waals surface area contributed by atoms with E-state index in [1.165, 1.54) is 0 Å². The van der Waals surface area contributed by atoms with Crippen LogP contribution in [0, 0.1) is 0 Å². The zero-order valence-electron chi connectivity index (χ0n) is 6.61. The second-order valence-corrected chi connectivity index (χ2v) is 2.92. The van der Waals surface area contributed by atoms with E-state index >= 15 is 0 Å². The van der Waals surface area contributed by atoms with Gasteiger partial charge in [0.05, 0.1) is 6.61 Å². The first-order chi connectivity index (χ1) is 5.90. The van der Waals surface area contributed by atoms with Gasteiger partial charge in [-0.2, -0.15) is 0 Å². The van der Waals surface area contributed by atoms with Gasteiger partial charge in [0.25, 0.3) is 0 Å². The van der Waals surface area contributed by atoms with E-state index in [9.17, 15) is 0 Å². The van der Waals surface area contributed by atoms with Crippen molar-refractivity contribution < 1.29 is 35.4 Å². The summed E-state index contributed by atoms with van der Waals surface area (Å²) in [5.74, 6) is -2.95. The van der Waals surface area contributed by atoms with Crippen LogP contribution in [0.25, 0.3) is 0 Å². The highest BCUT2D eigenvalue weighted by atomic mass is 16.8. The fourth-order valence-corrected chi connectivity index (χ4v) is 1.14. The second kappa shape index (κ2) is 3.46. The maximum Gasteiger partial charge on any atom is 0.308 e. The Morgan fingerprint density at radius 1 is 1.08 bits per heavy atom. The molecule has 6 N–H and O–H groups in total. The maximum absolute atomic E-state index is 9.12. The predicted octanol–water partition coefficient (Wildman–Crippen LogP) is -3.90. The van der Waals surface area contributed by atoms with Crippen molar-refractivity contribution >= 4 is 0 Å². The molecule has 0 saturated carbocycles. The minimum absolute atomic E-state index is 0.701. The number of rotatable bonds is 1. The molecule has 0 aromatic rings. The SMILES string of the molecule is OC[C@@H]1OC(O)(O)[C@@H](O)[C@@H](O)[C@@H]1O. The predicted molar refractivity (Wildman–Crippen MR) is 37.1 cm³/mol. The van der Waals surface area contributed by atoms with E-state index < -0.39 is 37.0 Å². The lowest BCUT2D eigenvalue weighted by molar-refractivity contribution is -0.435. The van der Waals surface area contributed by atoms with Gasteiger partial charge in [0.1, 0.15) is 18.3 Å². The minimum Gasteiger partial charge on any atom is -0.394 e. The van der Waals surface area contributed by atoms with E-state index in [-0.39, 0.29) is 0 Å². The molecule has 1 rings (SSSR count). The van der Waals surface area contributed by atoms with Gasteiger partial charge in [-0.05, 0) is 0 Å². The van der Waals surface area contributed by atoms with Crippen LogP contribution in [-0.2, 0) is 4.74 Å². The molecule has 0 aliphatic carbocycles. The molecule has 0 aromatic heterocycles. The van der Waals surface area contributed by atoms with E-state index in [0.29, 0.717) is 0 Å². The molecule has 78 valence electrons. The van der Waals surface area contributed by atoms with Crippen molar-refractivity contribution in [1.29, 1.82) is 0 Å². The molecule has 0 radical (unpaired) electrons. The van der Waals surface area contributed by atoms with E-state index in [1.54, 1.807) is 0 Å². The van der Waals surface area contributed by atoms with Crippen LogP contribution in [0.2, 0.25) is 0 Å². The molecule has 0 bridgehead atoms. The number of aliphatic hydroxyl groups is 6. The third-order valence-corrected chi connectivity index (χ3v) is 1.94. The van der Waals surface area contributed by atoms with Gasteiger partial charge in [-0.1, -0.05) is 0 Å². The summed E-state index contributed by atoms with van der Waals surface area (Å²) in [6.07, 6.45) is -6.72. The zero-order valence-corrected chi connectivity index (χ0v) is 6.61. The van der Waals surface area contributed by atoms with Crippen LogP contribution < -0.4 is 0 Å². The van der Waals surface area contributed by atoms with Gasteiger partial charge in [0, 0.05) is 0 Å². The van der Waals surface area contributed by atoms with Crippen LogP contribution in [0.3, 0.4) is 0 Å². The topological polar surface area (TPSA) is 131 Å². The highest BCUT2D eigenvalue weighted by molar-refractivity contribution is 4.90. The first kappa shape index (κ1) is 10.8. The summed E-state index contributed by atoms with van der Waals surface area (Å²) in [6, 6.07) is 0. The molecule has 0 aromatic carbocycles. The van der Waals surface area contributed by atoms with Crippen molar-refractivity contribution in [3.8, 4) is 0 Å². The molecule has 1 heterocycles. The lowest BCUT2D eigenvalue weighted by Crippen LogP contribution is -2.65. The standard InChI is InChI=1S/C6H12O7/c7-1-2-3(8)4(9)5(10)6(11,12)13-2/h2-5,7-12H,1H2/t2-,3+,4-,5-/m0/s1. The Bertz CT molecular complexity index is 180. The van der Waals surface area contributed by atoms with Gasteiger partial charge in [-0.15, -0.1) is 0 Å². The molecule has 1 fully saturated rings. The van der Waals surface area contributed by atoms with Gasteiger partial charge < -0.3 is 35.4 Å². The molecule has 1 aliphatic rings. The van der Waals surface area contributed by atoms with Crippen molar-refractivity contribution in [2.24, 2.45) is 0 Å². The normalized spacial score (nSPS) is 44.8. The summed E-state index contributed by atoms with van der Waals surface area (Å²) in [5, 5.41) is 53.6. The summed E-state index contributed by atoms with van der Waals surface area (Å²) in [6.45, 7) is -0.701. The first-order valence-electron chi connectivity index (χ1n) is 3.67. The number of ether oxygens (including phenoxy) is 1. The third kappa shape index (κ3) is 1.81. The van der Waals surface area contributed by atoms with Crippen molar-refractivity contribution in [3.05, 3.63) is 0 Å². The van der Waals surface area contributed by atoms with Gasteiger partial charge in [-0.25, -0.2) is 0 Å². The Kier molecular flexibility index (Phi) is 2.88. The number of aliphatic hydroxyl groups excluding tert-OH is 4. The summed E-state index contributed by atoms with van der Waals surface area (Å²) >= 11 is 0. The average Bonchev–Trinajstić information content (AvgIpc) is 2.08. The van der Waals surface area contributed by atoms with Gasteiger partial charge in [-0.3, -0.25) is 0 Å². The Morgan fingerprint density at radius 2 is 1.62 bits per heavy atom. The average molecular weight is 196 g/mol. The monoisotopic (exact) mass is 196 g/mol. The van der Waals surface area contributed by atoms with Gasteiger partial charge >= 0.3 is 5.97 Å². The quantitative estimate of drug-likeness (QED) is 0.236. The largest absolute Gasteiger partial charge is 0.394 e. The molecular weight excluding hydrogens is 184 g/mol. The Labute approximate surface area is 73.4 Å². The first-order valence-corrected chi connectivity index (χ1v) is 3.67. The molecule has 7 nitrogen and oxygen atoms in total. The zero-order chi connectivity index (χ0) is 10.2. The smallest absolute Gasteiger partial charge is 0.308 e. The summed E-state index contributed by atoms with van der Waals surface area (Å²) < 4.78 is 4.32. The lowest BCUT2D eigenvalue weighted by Gasteiger charge is -2.41. The third-order valence-electron chi connectivity index (χ3n) is 1.94. The minimum atomic E-state index is -2.95. The Morgan fingerprint density at radius 3 is 2.08 bits per heavy atom. The van der Waals surface area contributed by atoms with Crippen LogP contribution in [0.4, 0.5) is 0 Å². The van der Waals surface area contributed by atoms with Crippen molar-refractivity contribution in [3.63, 3.8) is 0 Å². The number of hydrogen-bond acceptors (Lipinski definition) is 7. The van der Waals surface area contributed by atoms with Crippen LogP contribution >= 0.6 is 0 Å².